The highest BCUT2D eigenvalue weighted by atomic mass is 32.2. The van der Waals surface area contributed by atoms with Gasteiger partial charge in [-0.2, -0.15) is 21.9 Å². The number of thiazole rings is 1. The zero-order valence-electron chi connectivity index (χ0n) is 22.8. The Kier molecular flexibility index (Phi) is 7.53. The molecule has 5 aromatic rings. The minimum atomic E-state index is -4.97. The number of phenols is 1. The predicted octanol–water partition coefficient (Wildman–Crippen LogP) is 7.05. The Labute approximate surface area is 245 Å². The van der Waals surface area contributed by atoms with E-state index in [-0.39, 0.29) is 23.1 Å². The normalized spacial score (nSPS) is 12.5. The van der Waals surface area contributed by atoms with Crippen LogP contribution in [0.4, 0.5) is 11.4 Å². The molecule has 0 saturated heterocycles. The lowest BCUT2D eigenvalue weighted by molar-refractivity contribution is 0.342. The lowest BCUT2D eigenvalue weighted by atomic mass is 10.1. The van der Waals surface area contributed by atoms with Gasteiger partial charge in [0.2, 0.25) is 0 Å². The zero-order chi connectivity index (χ0) is 30.6. The van der Waals surface area contributed by atoms with Gasteiger partial charge < -0.3 is 9.84 Å². The second kappa shape index (κ2) is 10.7. The third kappa shape index (κ3) is 5.58. The van der Waals surface area contributed by atoms with Gasteiger partial charge in [-0.1, -0.05) is 6.07 Å². The van der Waals surface area contributed by atoms with Gasteiger partial charge >= 0.3 is 0 Å². The number of phenolic OH excluding ortho intramolecular Hbond substituents is 1. The number of nitrogens with zero attached hydrogens (tertiary/aromatic N) is 3. The van der Waals surface area contributed by atoms with Crippen LogP contribution in [-0.2, 0) is 20.2 Å². The van der Waals surface area contributed by atoms with E-state index in [1.54, 1.807) is 37.3 Å². The number of hydrogen-bond acceptors (Lipinski definition) is 10. The average molecular weight is 628 g/mol. The number of benzene rings is 4. The number of hydrogen-bond donors (Lipinski definition) is 3. The number of aryl methyl sites for hydroxylation is 3. The largest absolute Gasteiger partial charge is 0.505 e. The van der Waals surface area contributed by atoms with E-state index < -0.39 is 41.5 Å². The first-order chi connectivity index (χ1) is 19.7. The lowest BCUT2D eigenvalue weighted by Crippen LogP contribution is -2.03. The van der Waals surface area contributed by atoms with E-state index in [2.05, 4.69) is 22.4 Å². The van der Waals surface area contributed by atoms with Gasteiger partial charge in [0, 0.05) is 11.6 Å². The van der Waals surface area contributed by atoms with Crippen LogP contribution in [0.2, 0.25) is 0 Å². The minimum Gasteiger partial charge on any atom is -0.505 e. The Morgan fingerprint density at radius 1 is 0.905 bits per heavy atom. The minimum absolute atomic E-state index is 0.0553. The molecular formula is C28H25N3O8S3. The van der Waals surface area contributed by atoms with E-state index in [0.29, 0.717) is 11.3 Å². The monoisotopic (exact) mass is 627 g/mol. The third-order valence-electron chi connectivity index (χ3n) is 6.49. The second-order valence-corrected chi connectivity index (χ2v) is 13.5. The summed E-state index contributed by atoms with van der Waals surface area (Å²) in [4.78, 5) is 3.37. The van der Waals surface area contributed by atoms with Gasteiger partial charge in [0.05, 0.1) is 32.8 Å². The first kappa shape index (κ1) is 29.5. The molecule has 11 nitrogen and oxygen atoms in total. The molecule has 0 atom stereocenters. The molecule has 0 aliphatic carbocycles. The number of rotatable bonds is 7. The standard InChI is InChI=1S/C28H25N3O8S3/c1-5-39-21-13-19(41(33,34)35)11-18-12-23(42(36,37)38)26(27(32)24(18)21)31-30-20-7-6-17(10-15(20)3)28-29-25-16(4)8-14(2)9-22(25)40-28/h6-13,32H,5H2,1-4H3,(H,33,34,35)(H,36,37,38). The lowest BCUT2D eigenvalue weighted by Gasteiger charge is -2.14. The Bertz CT molecular complexity index is 2160. The van der Waals surface area contributed by atoms with Gasteiger partial charge in [0.25, 0.3) is 20.2 Å². The number of ether oxygens (including phenoxy) is 1. The fourth-order valence-corrected chi connectivity index (χ4v) is 6.96. The highest BCUT2D eigenvalue weighted by molar-refractivity contribution is 7.86. The zero-order valence-corrected chi connectivity index (χ0v) is 25.2. The number of azo groups is 1. The van der Waals surface area contributed by atoms with Crippen molar-refractivity contribution >= 4 is 63.9 Å². The molecular weight excluding hydrogens is 603 g/mol. The molecule has 42 heavy (non-hydrogen) atoms. The van der Waals surface area contributed by atoms with Crippen LogP contribution in [0.15, 0.2) is 68.6 Å². The average Bonchev–Trinajstić information content (AvgIpc) is 3.32. The SMILES string of the molecule is CCOc1cc(S(=O)(=O)O)cc2cc(S(=O)(=O)O)c(N=Nc3ccc(-c4nc5c(C)cc(C)cc5s4)cc3C)c(O)c12. The Morgan fingerprint density at radius 2 is 1.64 bits per heavy atom. The topological polar surface area (TPSA) is 176 Å². The van der Waals surface area contributed by atoms with Crippen LogP contribution in [0.5, 0.6) is 11.5 Å². The van der Waals surface area contributed by atoms with Crippen molar-refractivity contribution in [2.24, 2.45) is 10.2 Å². The van der Waals surface area contributed by atoms with E-state index in [4.69, 9.17) is 9.72 Å². The van der Waals surface area contributed by atoms with Gasteiger partial charge in [-0.05, 0) is 86.2 Å². The summed E-state index contributed by atoms with van der Waals surface area (Å²) in [5.41, 5.74) is 4.49. The fourth-order valence-electron chi connectivity index (χ4n) is 4.63. The van der Waals surface area contributed by atoms with Gasteiger partial charge in [0.15, 0.2) is 5.75 Å². The Hall–Kier alpha value is -3.95. The molecule has 14 heteroatoms. The van der Waals surface area contributed by atoms with Crippen LogP contribution < -0.4 is 4.74 Å². The highest BCUT2D eigenvalue weighted by Gasteiger charge is 2.26. The molecule has 0 aliphatic rings. The van der Waals surface area contributed by atoms with Crippen molar-refractivity contribution in [1.29, 1.82) is 0 Å². The number of aromatic nitrogens is 1. The van der Waals surface area contributed by atoms with Crippen molar-refractivity contribution in [3.8, 4) is 22.1 Å². The van der Waals surface area contributed by atoms with Gasteiger partial charge in [-0.25, -0.2) is 4.98 Å². The van der Waals surface area contributed by atoms with Crippen molar-refractivity contribution in [3.05, 3.63) is 65.2 Å². The molecule has 5 rings (SSSR count). The van der Waals surface area contributed by atoms with E-state index in [1.807, 2.05) is 19.9 Å². The molecule has 1 aromatic heterocycles. The van der Waals surface area contributed by atoms with E-state index >= 15 is 0 Å². The molecule has 1 heterocycles. The van der Waals surface area contributed by atoms with E-state index in [1.165, 1.54) is 0 Å². The van der Waals surface area contributed by atoms with Crippen LogP contribution in [0.3, 0.4) is 0 Å². The maximum absolute atomic E-state index is 12.3. The smallest absolute Gasteiger partial charge is 0.296 e. The van der Waals surface area contributed by atoms with Crippen molar-refractivity contribution in [2.75, 3.05) is 6.61 Å². The van der Waals surface area contributed by atoms with Gasteiger partial charge in [-0.3, -0.25) is 9.11 Å². The Morgan fingerprint density at radius 3 is 2.29 bits per heavy atom. The summed E-state index contributed by atoms with van der Waals surface area (Å²) in [5, 5.41) is 19.8. The molecule has 0 spiro atoms. The molecule has 0 amide bonds. The predicted molar refractivity (Wildman–Crippen MR) is 160 cm³/mol. The van der Waals surface area contributed by atoms with Crippen molar-refractivity contribution in [2.45, 2.75) is 37.5 Å². The summed E-state index contributed by atoms with van der Waals surface area (Å²) in [5.74, 6) is -0.871. The fraction of sp³-hybridized carbons (Fsp3) is 0.179. The van der Waals surface area contributed by atoms with Crippen molar-refractivity contribution < 1.29 is 35.8 Å². The molecule has 4 aromatic carbocycles. The summed E-state index contributed by atoms with van der Waals surface area (Å²) < 4.78 is 74.1. The van der Waals surface area contributed by atoms with E-state index in [0.717, 1.165) is 50.1 Å². The third-order valence-corrected chi connectivity index (χ3v) is 9.24. The quantitative estimate of drug-likeness (QED) is 0.126. The maximum Gasteiger partial charge on any atom is 0.296 e. The molecule has 0 fully saturated rings. The van der Waals surface area contributed by atoms with Crippen LogP contribution in [0.1, 0.15) is 23.6 Å². The first-order valence-electron chi connectivity index (χ1n) is 12.5. The number of fused-ring (bicyclic) bond motifs is 2. The summed E-state index contributed by atoms with van der Waals surface area (Å²) in [6.45, 7) is 7.50. The second-order valence-electron chi connectivity index (χ2n) is 9.62. The highest BCUT2D eigenvalue weighted by Crippen LogP contribution is 2.46. The van der Waals surface area contributed by atoms with Crippen molar-refractivity contribution in [1.82, 2.24) is 4.98 Å². The van der Waals surface area contributed by atoms with Crippen LogP contribution in [0, 0.1) is 20.8 Å². The van der Waals surface area contributed by atoms with E-state index in [9.17, 15) is 31.0 Å². The first-order valence-corrected chi connectivity index (χ1v) is 16.2. The van der Waals surface area contributed by atoms with Crippen LogP contribution >= 0.6 is 11.3 Å². The van der Waals surface area contributed by atoms with Crippen LogP contribution in [0.25, 0.3) is 31.6 Å². The molecule has 0 aliphatic heterocycles. The maximum atomic E-state index is 12.3. The number of aromatic hydroxyl groups is 1. The van der Waals surface area contributed by atoms with Gasteiger partial charge in [0.1, 0.15) is 21.3 Å². The summed E-state index contributed by atoms with van der Waals surface area (Å²) in [6, 6.07) is 12.4. The summed E-state index contributed by atoms with van der Waals surface area (Å²) in [6.07, 6.45) is 0. The molecule has 0 bridgehead atoms. The molecule has 0 unspecified atom stereocenters. The van der Waals surface area contributed by atoms with Crippen LogP contribution in [-0.4, -0.2) is 42.6 Å². The Balaban J connectivity index is 1.62. The summed E-state index contributed by atoms with van der Waals surface area (Å²) in [7, 11) is -9.68. The van der Waals surface area contributed by atoms with Crippen molar-refractivity contribution in [3.63, 3.8) is 0 Å². The van der Waals surface area contributed by atoms with Gasteiger partial charge in [-0.15, -0.1) is 16.5 Å². The molecule has 3 N–H and O–H groups in total. The summed E-state index contributed by atoms with van der Waals surface area (Å²) >= 11 is 1.56. The molecule has 0 radical (unpaired) electrons. The molecule has 0 saturated carbocycles. The molecule has 218 valence electrons.